The van der Waals surface area contributed by atoms with E-state index in [1.165, 1.54) is 32.0 Å². The molecule has 2 heterocycles. The van der Waals surface area contributed by atoms with Crippen molar-refractivity contribution in [3.63, 3.8) is 0 Å². The quantitative estimate of drug-likeness (QED) is 0.219. The molecule has 4 rings (SSSR count). The molecule has 36 heavy (non-hydrogen) atoms. The number of pyridine rings is 2. The summed E-state index contributed by atoms with van der Waals surface area (Å²) in [5.41, 5.74) is 4.80. The monoisotopic (exact) mass is 514 g/mol. The van der Waals surface area contributed by atoms with Crippen LogP contribution in [0.4, 0.5) is 0 Å². The van der Waals surface area contributed by atoms with Crippen LogP contribution in [0, 0.1) is 11.8 Å². The lowest BCUT2D eigenvalue weighted by atomic mass is 10.1. The lowest BCUT2D eigenvalue weighted by Crippen LogP contribution is -2.04. The van der Waals surface area contributed by atoms with Crippen LogP contribution in [-0.2, 0) is 0 Å². The zero-order valence-corrected chi connectivity index (χ0v) is 23.9. The molecule has 0 radical (unpaired) electrons. The lowest BCUT2D eigenvalue weighted by molar-refractivity contribution is 0.642. The van der Waals surface area contributed by atoms with Gasteiger partial charge < -0.3 is 0 Å². The molecular weight excluding hydrogens is 477 g/mol. The Morgan fingerprint density at radius 3 is 1.11 bits per heavy atom. The predicted octanol–water partition coefficient (Wildman–Crippen LogP) is 9.77. The molecule has 0 amide bonds. The maximum absolute atomic E-state index is 4.15. The van der Waals surface area contributed by atoms with E-state index in [4.69, 9.17) is 0 Å². The second kappa shape index (κ2) is 14.2. The van der Waals surface area contributed by atoms with E-state index in [1.807, 2.05) is 48.1 Å². The van der Waals surface area contributed by atoms with Crippen LogP contribution in [0.5, 0.6) is 0 Å². The minimum atomic E-state index is 0.647. The van der Waals surface area contributed by atoms with Crippen molar-refractivity contribution in [2.24, 2.45) is 11.8 Å². The second-order valence-corrected chi connectivity index (χ2v) is 12.6. The fourth-order valence-electron chi connectivity index (χ4n) is 3.22. The van der Waals surface area contributed by atoms with Gasteiger partial charge in [-0.15, -0.1) is 23.5 Å². The van der Waals surface area contributed by atoms with Gasteiger partial charge in [0.15, 0.2) is 0 Å². The molecule has 2 nitrogen and oxygen atoms in total. The fourth-order valence-corrected chi connectivity index (χ4v) is 5.21. The summed E-state index contributed by atoms with van der Waals surface area (Å²) in [5, 5.41) is 1.29. The first-order valence-corrected chi connectivity index (χ1v) is 14.4. The Labute approximate surface area is 226 Å². The van der Waals surface area contributed by atoms with Gasteiger partial charge in [-0.2, -0.15) is 0 Å². The molecule has 0 aliphatic heterocycles. The second-order valence-electron chi connectivity index (χ2n) is 9.67. The third kappa shape index (κ3) is 8.83. The highest BCUT2D eigenvalue weighted by atomic mass is 32.2. The Bertz CT molecular complexity index is 1050. The molecular formula is C32H38N2S2. The Hall–Kier alpha value is -2.56. The summed E-state index contributed by atoms with van der Waals surface area (Å²) in [4.78, 5) is 11.0. The molecule has 0 bridgehead atoms. The number of hydrogen-bond acceptors (Lipinski definition) is 4. The standard InChI is InChI=1S/2C16H19NS/c2*1-12(2)13(3)18-16-8-6-14(7-9-16)15-5-4-10-17-11-15/h2*4-13H,1-3H3/t2*13-/m00/s1. The van der Waals surface area contributed by atoms with Crippen molar-refractivity contribution in [1.29, 1.82) is 0 Å². The first kappa shape index (κ1) is 28.0. The summed E-state index contributed by atoms with van der Waals surface area (Å²) >= 11 is 3.88. The molecule has 2 atom stereocenters. The third-order valence-electron chi connectivity index (χ3n) is 6.22. The van der Waals surface area contributed by atoms with Crippen LogP contribution >= 0.6 is 23.5 Å². The van der Waals surface area contributed by atoms with Crippen molar-refractivity contribution in [1.82, 2.24) is 9.97 Å². The van der Waals surface area contributed by atoms with Crippen LogP contribution in [0.3, 0.4) is 0 Å². The number of rotatable bonds is 8. The van der Waals surface area contributed by atoms with Gasteiger partial charge in [-0.1, -0.05) is 77.9 Å². The zero-order chi connectivity index (χ0) is 25.9. The minimum Gasteiger partial charge on any atom is -0.264 e. The molecule has 0 aliphatic rings. The topological polar surface area (TPSA) is 25.8 Å². The van der Waals surface area contributed by atoms with Gasteiger partial charge in [-0.25, -0.2) is 0 Å². The molecule has 0 spiro atoms. The van der Waals surface area contributed by atoms with E-state index >= 15 is 0 Å². The van der Waals surface area contributed by atoms with Crippen molar-refractivity contribution >= 4 is 23.5 Å². The van der Waals surface area contributed by atoms with Gasteiger partial charge in [0.25, 0.3) is 0 Å². The highest BCUT2D eigenvalue weighted by Gasteiger charge is 2.09. The lowest BCUT2D eigenvalue weighted by Gasteiger charge is -2.15. The Morgan fingerprint density at radius 1 is 0.472 bits per heavy atom. The summed E-state index contributed by atoms with van der Waals surface area (Å²) in [6, 6.07) is 25.6. The summed E-state index contributed by atoms with van der Waals surface area (Å²) in [6.45, 7) is 13.6. The van der Waals surface area contributed by atoms with Gasteiger partial charge in [0.2, 0.25) is 0 Å². The SMILES string of the molecule is CC(C)[C@H](C)Sc1ccc(-c2cccnc2)cc1.CC(C)[C@H](C)Sc1ccc(-c2cccnc2)cc1. The summed E-state index contributed by atoms with van der Waals surface area (Å²) in [7, 11) is 0. The minimum absolute atomic E-state index is 0.647. The Kier molecular flexibility index (Phi) is 11.1. The molecule has 0 unspecified atom stereocenters. The van der Waals surface area contributed by atoms with Crippen LogP contribution in [0.15, 0.2) is 107 Å². The van der Waals surface area contributed by atoms with E-state index in [1.54, 1.807) is 12.4 Å². The van der Waals surface area contributed by atoms with Gasteiger partial charge in [0, 0.05) is 45.1 Å². The number of thioether (sulfide) groups is 2. The summed E-state index contributed by atoms with van der Waals surface area (Å²) in [6.07, 6.45) is 7.41. The van der Waals surface area contributed by atoms with Crippen molar-refractivity contribution in [2.75, 3.05) is 0 Å². The Morgan fingerprint density at radius 2 is 0.833 bits per heavy atom. The van der Waals surface area contributed by atoms with Gasteiger partial charge in [0.1, 0.15) is 0 Å². The first-order valence-electron chi connectivity index (χ1n) is 12.7. The molecule has 2 aromatic heterocycles. The number of hydrogen-bond donors (Lipinski definition) is 0. The molecule has 0 N–H and O–H groups in total. The summed E-state index contributed by atoms with van der Waals surface area (Å²) in [5.74, 6) is 1.40. The first-order chi connectivity index (χ1) is 17.3. The van der Waals surface area contributed by atoms with E-state index in [2.05, 4.69) is 112 Å². The average Bonchev–Trinajstić information content (AvgIpc) is 2.91. The van der Waals surface area contributed by atoms with Gasteiger partial charge in [0.05, 0.1) is 0 Å². The van der Waals surface area contributed by atoms with Crippen LogP contribution in [0.2, 0.25) is 0 Å². The predicted molar refractivity (Wildman–Crippen MR) is 160 cm³/mol. The molecule has 4 aromatic rings. The highest BCUT2D eigenvalue weighted by Crippen LogP contribution is 2.30. The molecule has 0 aliphatic carbocycles. The van der Waals surface area contributed by atoms with Crippen LogP contribution in [-0.4, -0.2) is 20.5 Å². The van der Waals surface area contributed by atoms with Crippen molar-refractivity contribution in [2.45, 2.75) is 61.8 Å². The fraction of sp³-hybridized carbons (Fsp3) is 0.312. The Balaban J connectivity index is 0.000000201. The molecule has 188 valence electrons. The molecule has 2 aromatic carbocycles. The number of benzene rings is 2. The van der Waals surface area contributed by atoms with Crippen LogP contribution < -0.4 is 0 Å². The summed E-state index contributed by atoms with van der Waals surface area (Å²) < 4.78 is 0. The molecule has 4 heteroatoms. The van der Waals surface area contributed by atoms with Crippen molar-refractivity contribution < 1.29 is 0 Å². The van der Waals surface area contributed by atoms with Crippen molar-refractivity contribution in [3.05, 3.63) is 97.6 Å². The van der Waals surface area contributed by atoms with E-state index < -0.39 is 0 Å². The third-order valence-corrected chi connectivity index (χ3v) is 9.14. The molecule has 0 fully saturated rings. The normalized spacial score (nSPS) is 12.7. The van der Waals surface area contributed by atoms with Crippen LogP contribution in [0.1, 0.15) is 41.5 Å². The largest absolute Gasteiger partial charge is 0.264 e. The van der Waals surface area contributed by atoms with Gasteiger partial charge in [-0.05, 0) is 70.5 Å². The van der Waals surface area contributed by atoms with Gasteiger partial charge in [-0.3, -0.25) is 9.97 Å². The van der Waals surface area contributed by atoms with Crippen LogP contribution in [0.25, 0.3) is 22.3 Å². The average molecular weight is 515 g/mol. The number of nitrogens with zero attached hydrogens (tertiary/aromatic N) is 2. The van der Waals surface area contributed by atoms with E-state index in [0.717, 1.165) is 0 Å². The smallest absolute Gasteiger partial charge is 0.0346 e. The number of aromatic nitrogens is 2. The molecule has 0 saturated carbocycles. The zero-order valence-electron chi connectivity index (χ0n) is 22.3. The van der Waals surface area contributed by atoms with E-state index in [9.17, 15) is 0 Å². The van der Waals surface area contributed by atoms with E-state index in [0.29, 0.717) is 22.3 Å². The van der Waals surface area contributed by atoms with Crippen molar-refractivity contribution in [3.8, 4) is 22.3 Å². The molecule has 0 saturated heterocycles. The maximum Gasteiger partial charge on any atom is 0.0346 e. The van der Waals surface area contributed by atoms with E-state index in [-0.39, 0.29) is 0 Å². The highest BCUT2D eigenvalue weighted by molar-refractivity contribution is 8.00. The maximum atomic E-state index is 4.15. The van der Waals surface area contributed by atoms with Gasteiger partial charge >= 0.3 is 0 Å².